The first-order valence-electron chi connectivity index (χ1n) is 5.63. The highest BCUT2D eigenvalue weighted by Gasteiger charge is 2.12. The fourth-order valence-corrected chi connectivity index (χ4v) is 2.74. The van der Waals surface area contributed by atoms with Gasteiger partial charge in [-0.25, -0.2) is 9.97 Å². The van der Waals surface area contributed by atoms with Gasteiger partial charge in [0.25, 0.3) is 0 Å². The molecule has 3 nitrogen and oxygen atoms in total. The fraction of sp³-hybridized carbons (Fsp3) is 0. The van der Waals surface area contributed by atoms with Crippen molar-refractivity contribution in [3.05, 3.63) is 53.3 Å². The predicted molar refractivity (Wildman–Crippen MR) is 75.3 cm³/mol. The third-order valence-electron chi connectivity index (χ3n) is 3.13. The van der Waals surface area contributed by atoms with E-state index in [1.807, 2.05) is 18.2 Å². The molecule has 0 saturated heterocycles. The van der Waals surface area contributed by atoms with Crippen molar-refractivity contribution in [2.24, 2.45) is 0 Å². The molecule has 2 bridgehead atoms. The second-order valence-electron chi connectivity index (χ2n) is 4.21. The average molecular weight is 298 g/mol. The largest absolute Gasteiger partial charge is 0.294 e. The Morgan fingerprint density at radius 1 is 1.00 bits per heavy atom. The van der Waals surface area contributed by atoms with Crippen molar-refractivity contribution in [3.8, 4) is 5.69 Å². The predicted octanol–water partition coefficient (Wildman–Crippen LogP) is 3.77. The summed E-state index contributed by atoms with van der Waals surface area (Å²) < 4.78 is 3.21. The summed E-state index contributed by atoms with van der Waals surface area (Å²) in [5, 5.41) is 1.11. The van der Waals surface area contributed by atoms with Crippen molar-refractivity contribution in [2.45, 2.75) is 0 Å². The topological polar surface area (TPSA) is 30.7 Å². The van der Waals surface area contributed by atoms with Gasteiger partial charge in [-0.3, -0.25) is 4.57 Å². The van der Waals surface area contributed by atoms with Crippen LogP contribution in [0.3, 0.4) is 0 Å². The maximum atomic E-state index is 4.41. The van der Waals surface area contributed by atoms with E-state index in [0.717, 1.165) is 32.2 Å². The monoisotopic (exact) mass is 297 g/mol. The third kappa shape index (κ3) is 1.29. The maximum absolute atomic E-state index is 4.41. The molecule has 4 heteroatoms. The highest BCUT2D eigenvalue weighted by atomic mass is 79.9. The molecule has 4 rings (SSSR count). The minimum Gasteiger partial charge on any atom is -0.294 e. The second-order valence-corrected chi connectivity index (χ2v) is 5.13. The van der Waals surface area contributed by atoms with E-state index in [2.05, 4.69) is 54.7 Å². The van der Waals surface area contributed by atoms with Gasteiger partial charge in [0.1, 0.15) is 12.0 Å². The van der Waals surface area contributed by atoms with E-state index in [1.54, 1.807) is 6.33 Å². The van der Waals surface area contributed by atoms with Gasteiger partial charge in [0.2, 0.25) is 0 Å². The number of hydrogen-bond acceptors (Lipinski definition) is 2. The lowest BCUT2D eigenvalue weighted by Gasteiger charge is -2.05. The number of halogens is 1. The summed E-state index contributed by atoms with van der Waals surface area (Å²) in [5.41, 5.74) is 4.18. The first kappa shape index (κ1) is 10.0. The zero-order chi connectivity index (χ0) is 12.1. The van der Waals surface area contributed by atoms with Crippen molar-refractivity contribution < 1.29 is 0 Å². The minimum absolute atomic E-state index is 0.957. The Labute approximate surface area is 112 Å². The molecule has 0 amide bonds. The molecule has 0 aliphatic carbocycles. The lowest BCUT2D eigenvalue weighted by molar-refractivity contribution is 1.12. The van der Waals surface area contributed by atoms with Crippen LogP contribution in [0.4, 0.5) is 0 Å². The number of rotatable bonds is 1. The number of aromatic nitrogens is 3. The molecule has 0 N–H and O–H groups in total. The molecule has 0 aliphatic heterocycles. The quantitative estimate of drug-likeness (QED) is 0.535. The summed E-state index contributed by atoms with van der Waals surface area (Å²) in [5.74, 6) is 0. The van der Waals surface area contributed by atoms with E-state index < -0.39 is 0 Å². The molecule has 18 heavy (non-hydrogen) atoms. The van der Waals surface area contributed by atoms with Crippen LogP contribution in [0.1, 0.15) is 0 Å². The van der Waals surface area contributed by atoms with Gasteiger partial charge in [-0.1, -0.05) is 22.0 Å². The van der Waals surface area contributed by atoms with Crippen molar-refractivity contribution in [3.63, 3.8) is 0 Å². The molecule has 0 atom stereocenters. The molecule has 0 unspecified atom stereocenters. The first-order valence-corrected chi connectivity index (χ1v) is 6.43. The summed E-state index contributed by atoms with van der Waals surface area (Å²) in [4.78, 5) is 8.68. The average Bonchev–Trinajstić information content (AvgIpc) is 2.73. The van der Waals surface area contributed by atoms with E-state index in [4.69, 9.17) is 0 Å². The molecular formula is C14H8BrN3. The number of fused-ring (bicyclic) bond motifs is 1. The highest BCUT2D eigenvalue weighted by molar-refractivity contribution is 9.10. The van der Waals surface area contributed by atoms with Crippen LogP contribution in [-0.2, 0) is 0 Å². The molecule has 2 aromatic carbocycles. The lowest BCUT2D eigenvalue weighted by atomic mass is 10.2. The Balaban J connectivity index is 2.16. The Bertz CT molecular complexity index is 850. The summed E-state index contributed by atoms with van der Waals surface area (Å²) in [6, 6.07) is 14.5. The molecule has 0 fully saturated rings. The van der Waals surface area contributed by atoms with Gasteiger partial charge in [0.05, 0.1) is 5.52 Å². The Morgan fingerprint density at radius 3 is 2.83 bits per heavy atom. The smallest absolute Gasteiger partial charge is 0.148 e. The van der Waals surface area contributed by atoms with E-state index in [0.29, 0.717) is 0 Å². The normalized spacial score (nSPS) is 11.6. The van der Waals surface area contributed by atoms with Gasteiger partial charge in [-0.15, -0.1) is 0 Å². The zero-order valence-corrected chi connectivity index (χ0v) is 10.9. The van der Waals surface area contributed by atoms with Crippen molar-refractivity contribution in [1.82, 2.24) is 14.5 Å². The summed E-state index contributed by atoms with van der Waals surface area (Å²) >= 11 is 3.51. The molecule has 2 aromatic heterocycles. The minimum atomic E-state index is 0.957. The lowest BCUT2D eigenvalue weighted by Crippen LogP contribution is -1.94. The van der Waals surface area contributed by atoms with E-state index in [-0.39, 0.29) is 0 Å². The first-order chi connectivity index (χ1) is 8.83. The molecule has 86 valence electrons. The van der Waals surface area contributed by atoms with Gasteiger partial charge in [0, 0.05) is 21.1 Å². The van der Waals surface area contributed by atoms with Crippen LogP contribution in [0.15, 0.2) is 53.3 Å². The molecule has 0 saturated carbocycles. The van der Waals surface area contributed by atoms with E-state index in [9.17, 15) is 0 Å². The van der Waals surface area contributed by atoms with Crippen LogP contribution in [-0.4, -0.2) is 14.5 Å². The molecule has 0 radical (unpaired) electrons. The van der Waals surface area contributed by atoms with Gasteiger partial charge in [-0.2, -0.15) is 0 Å². The number of nitrogens with zero attached hydrogens (tertiary/aromatic N) is 3. The van der Waals surface area contributed by atoms with Crippen LogP contribution in [0.2, 0.25) is 0 Å². The maximum Gasteiger partial charge on any atom is 0.148 e. The SMILES string of the molecule is Brc1cccc(-n2c3ccc4ncnc2c4c3)c1. The molecule has 0 aliphatic rings. The standard InChI is InChI=1S/C14H8BrN3/c15-9-2-1-3-10(6-9)18-11-4-5-13-12(7-11)14(18)17-8-16-13/h1-8H. The number of hydrogen-bond donors (Lipinski definition) is 0. The Kier molecular flexibility index (Phi) is 1.96. The Hall–Kier alpha value is -1.94. The fourth-order valence-electron chi connectivity index (χ4n) is 2.36. The van der Waals surface area contributed by atoms with Gasteiger partial charge in [-0.05, 0) is 36.4 Å². The summed E-state index contributed by atoms with van der Waals surface area (Å²) in [6.45, 7) is 0. The van der Waals surface area contributed by atoms with Crippen molar-refractivity contribution in [1.29, 1.82) is 0 Å². The molecule has 0 spiro atoms. The summed E-state index contributed by atoms with van der Waals surface area (Å²) in [7, 11) is 0. The van der Waals surface area contributed by atoms with Crippen LogP contribution >= 0.6 is 15.9 Å². The zero-order valence-electron chi connectivity index (χ0n) is 9.34. The molecular weight excluding hydrogens is 290 g/mol. The van der Waals surface area contributed by atoms with Crippen molar-refractivity contribution in [2.75, 3.05) is 0 Å². The Morgan fingerprint density at radius 2 is 1.94 bits per heavy atom. The molecule has 4 aromatic rings. The second kappa shape index (κ2) is 3.53. The van der Waals surface area contributed by atoms with Gasteiger partial charge >= 0.3 is 0 Å². The number of benzene rings is 2. The third-order valence-corrected chi connectivity index (χ3v) is 3.63. The van der Waals surface area contributed by atoms with Gasteiger partial charge < -0.3 is 0 Å². The van der Waals surface area contributed by atoms with E-state index in [1.165, 1.54) is 0 Å². The van der Waals surface area contributed by atoms with Crippen molar-refractivity contribution >= 4 is 38.0 Å². The summed E-state index contributed by atoms with van der Waals surface area (Å²) in [6.07, 6.45) is 1.62. The van der Waals surface area contributed by atoms with Crippen LogP contribution in [0.25, 0.3) is 27.8 Å². The molecule has 2 heterocycles. The highest BCUT2D eigenvalue weighted by Crippen LogP contribution is 2.28. The van der Waals surface area contributed by atoms with Crippen LogP contribution in [0, 0.1) is 0 Å². The van der Waals surface area contributed by atoms with Crippen LogP contribution < -0.4 is 0 Å². The van der Waals surface area contributed by atoms with E-state index >= 15 is 0 Å². The van der Waals surface area contributed by atoms with Gasteiger partial charge in [0.15, 0.2) is 0 Å². The van der Waals surface area contributed by atoms with Crippen LogP contribution in [0.5, 0.6) is 0 Å².